The quantitative estimate of drug-likeness (QED) is 0.649. The van der Waals surface area contributed by atoms with E-state index in [-0.39, 0.29) is 5.91 Å². The standard InChI is InChI=1S/C20H19ClN4O2/c1-27-16-8-6-14(7-9-16)10-11-22-19(26)15-12-23-20(24-13-15)25-18-5-3-2-4-17(18)21/h2-9,12-13H,10-11H2,1H3,(H,22,26)(H,23,24,25). The zero-order valence-corrected chi connectivity index (χ0v) is 15.5. The topological polar surface area (TPSA) is 76.1 Å². The fourth-order valence-electron chi connectivity index (χ4n) is 2.41. The maximum Gasteiger partial charge on any atom is 0.254 e. The number of hydrogen-bond acceptors (Lipinski definition) is 5. The summed E-state index contributed by atoms with van der Waals surface area (Å²) < 4.78 is 5.13. The van der Waals surface area contributed by atoms with Gasteiger partial charge in [-0.25, -0.2) is 9.97 Å². The molecule has 27 heavy (non-hydrogen) atoms. The number of nitrogens with zero attached hydrogens (tertiary/aromatic N) is 2. The van der Waals surface area contributed by atoms with Gasteiger partial charge in [0.15, 0.2) is 0 Å². The first-order valence-electron chi connectivity index (χ1n) is 8.40. The molecule has 0 saturated heterocycles. The number of nitrogens with one attached hydrogen (secondary N) is 2. The van der Waals surface area contributed by atoms with Gasteiger partial charge in [-0.2, -0.15) is 0 Å². The van der Waals surface area contributed by atoms with Crippen LogP contribution in [-0.2, 0) is 6.42 Å². The number of halogens is 1. The van der Waals surface area contributed by atoms with Crippen LogP contribution >= 0.6 is 11.6 Å². The van der Waals surface area contributed by atoms with Crippen molar-refractivity contribution in [2.45, 2.75) is 6.42 Å². The van der Waals surface area contributed by atoms with Gasteiger partial charge in [0.25, 0.3) is 5.91 Å². The molecule has 0 aliphatic rings. The highest BCUT2D eigenvalue weighted by Gasteiger charge is 2.08. The largest absolute Gasteiger partial charge is 0.497 e. The van der Waals surface area contributed by atoms with Crippen LogP contribution in [0.4, 0.5) is 11.6 Å². The van der Waals surface area contributed by atoms with E-state index in [4.69, 9.17) is 16.3 Å². The first-order valence-corrected chi connectivity index (χ1v) is 8.78. The fraction of sp³-hybridized carbons (Fsp3) is 0.150. The maximum absolute atomic E-state index is 12.2. The lowest BCUT2D eigenvalue weighted by Gasteiger charge is -2.08. The van der Waals surface area contributed by atoms with Crippen LogP contribution in [0.25, 0.3) is 0 Å². The summed E-state index contributed by atoms with van der Waals surface area (Å²) in [7, 11) is 1.63. The highest BCUT2D eigenvalue weighted by atomic mass is 35.5. The monoisotopic (exact) mass is 382 g/mol. The number of anilines is 2. The Labute approximate surface area is 162 Å². The van der Waals surface area contributed by atoms with Crippen molar-refractivity contribution in [3.63, 3.8) is 0 Å². The van der Waals surface area contributed by atoms with Crippen molar-refractivity contribution in [1.29, 1.82) is 0 Å². The number of carbonyl (C=O) groups is 1. The van der Waals surface area contributed by atoms with E-state index in [2.05, 4.69) is 20.6 Å². The number of ether oxygens (including phenoxy) is 1. The molecule has 0 aliphatic heterocycles. The second kappa shape index (κ2) is 9.00. The first-order chi connectivity index (χ1) is 13.2. The minimum absolute atomic E-state index is 0.215. The number of rotatable bonds is 7. The Hall–Kier alpha value is -3.12. The molecule has 0 radical (unpaired) electrons. The number of para-hydroxylation sites is 1. The summed E-state index contributed by atoms with van der Waals surface area (Å²) in [5.41, 5.74) is 2.22. The van der Waals surface area contributed by atoms with Crippen LogP contribution in [0.15, 0.2) is 60.9 Å². The van der Waals surface area contributed by atoms with Crippen LogP contribution in [0.2, 0.25) is 5.02 Å². The third-order valence-corrected chi connectivity index (χ3v) is 4.22. The van der Waals surface area contributed by atoms with E-state index in [0.29, 0.717) is 28.8 Å². The van der Waals surface area contributed by atoms with Crippen molar-refractivity contribution < 1.29 is 9.53 Å². The SMILES string of the molecule is COc1ccc(CCNC(=O)c2cnc(Nc3ccccc3Cl)nc2)cc1. The van der Waals surface area contributed by atoms with Crippen LogP contribution < -0.4 is 15.4 Å². The Morgan fingerprint density at radius 3 is 2.44 bits per heavy atom. The fourth-order valence-corrected chi connectivity index (χ4v) is 2.59. The highest BCUT2D eigenvalue weighted by Crippen LogP contribution is 2.22. The lowest BCUT2D eigenvalue weighted by molar-refractivity contribution is 0.0953. The van der Waals surface area contributed by atoms with Gasteiger partial charge in [0.05, 0.1) is 23.4 Å². The van der Waals surface area contributed by atoms with Gasteiger partial charge in [-0.3, -0.25) is 4.79 Å². The van der Waals surface area contributed by atoms with E-state index in [1.165, 1.54) is 12.4 Å². The Kier molecular flexibility index (Phi) is 6.22. The van der Waals surface area contributed by atoms with E-state index >= 15 is 0 Å². The van der Waals surface area contributed by atoms with Gasteiger partial charge < -0.3 is 15.4 Å². The van der Waals surface area contributed by atoms with Gasteiger partial charge >= 0.3 is 0 Å². The molecule has 2 aromatic carbocycles. The van der Waals surface area contributed by atoms with E-state index in [1.54, 1.807) is 13.2 Å². The van der Waals surface area contributed by atoms with Crippen molar-refractivity contribution in [2.24, 2.45) is 0 Å². The van der Waals surface area contributed by atoms with Crippen LogP contribution in [0.1, 0.15) is 15.9 Å². The number of amides is 1. The lowest BCUT2D eigenvalue weighted by atomic mass is 10.1. The molecule has 0 unspecified atom stereocenters. The second-order valence-electron chi connectivity index (χ2n) is 5.75. The second-order valence-corrected chi connectivity index (χ2v) is 6.16. The summed E-state index contributed by atoms with van der Waals surface area (Å²) in [6.07, 6.45) is 3.69. The molecule has 0 atom stereocenters. The van der Waals surface area contributed by atoms with Gasteiger partial charge in [0, 0.05) is 18.9 Å². The zero-order valence-electron chi connectivity index (χ0n) is 14.8. The third-order valence-electron chi connectivity index (χ3n) is 3.89. The smallest absolute Gasteiger partial charge is 0.254 e. The molecule has 1 heterocycles. The van der Waals surface area contributed by atoms with Crippen molar-refractivity contribution in [2.75, 3.05) is 19.0 Å². The van der Waals surface area contributed by atoms with Crippen LogP contribution in [0, 0.1) is 0 Å². The van der Waals surface area contributed by atoms with Crippen molar-refractivity contribution in [3.8, 4) is 5.75 Å². The molecule has 1 aromatic heterocycles. The average molecular weight is 383 g/mol. The average Bonchev–Trinajstić information content (AvgIpc) is 2.71. The van der Waals surface area contributed by atoms with Crippen LogP contribution in [0.5, 0.6) is 5.75 Å². The Bertz CT molecular complexity index is 899. The molecule has 3 rings (SSSR count). The molecule has 0 saturated carbocycles. The molecule has 7 heteroatoms. The summed E-state index contributed by atoms with van der Waals surface area (Å²) in [4.78, 5) is 20.5. The molecule has 1 amide bonds. The predicted octanol–water partition coefficient (Wildman–Crippen LogP) is 3.85. The zero-order chi connectivity index (χ0) is 19.1. The summed E-state index contributed by atoms with van der Waals surface area (Å²) in [5, 5.41) is 6.45. The summed E-state index contributed by atoms with van der Waals surface area (Å²) in [6, 6.07) is 15.0. The number of hydrogen-bond donors (Lipinski definition) is 2. The molecule has 0 spiro atoms. The van der Waals surface area contributed by atoms with Crippen molar-refractivity contribution in [3.05, 3.63) is 77.1 Å². The molecule has 2 N–H and O–H groups in total. The number of aromatic nitrogens is 2. The Morgan fingerprint density at radius 1 is 1.07 bits per heavy atom. The Balaban J connectivity index is 1.52. The lowest BCUT2D eigenvalue weighted by Crippen LogP contribution is -2.26. The van der Waals surface area contributed by atoms with Crippen molar-refractivity contribution in [1.82, 2.24) is 15.3 Å². The normalized spacial score (nSPS) is 10.3. The molecule has 3 aromatic rings. The van der Waals surface area contributed by atoms with Gasteiger partial charge in [-0.05, 0) is 36.2 Å². The van der Waals surface area contributed by atoms with Crippen molar-refractivity contribution >= 4 is 29.1 Å². The van der Waals surface area contributed by atoms with Gasteiger partial charge in [-0.15, -0.1) is 0 Å². The van der Waals surface area contributed by atoms with E-state index in [9.17, 15) is 4.79 Å². The van der Waals surface area contributed by atoms with Crippen LogP contribution in [-0.4, -0.2) is 29.5 Å². The Morgan fingerprint density at radius 2 is 1.78 bits per heavy atom. The predicted molar refractivity (Wildman–Crippen MR) is 106 cm³/mol. The van der Waals surface area contributed by atoms with E-state index in [0.717, 1.165) is 17.7 Å². The molecule has 138 valence electrons. The maximum atomic E-state index is 12.2. The number of benzene rings is 2. The summed E-state index contributed by atoms with van der Waals surface area (Å²) in [6.45, 7) is 0.519. The molecule has 6 nitrogen and oxygen atoms in total. The van der Waals surface area contributed by atoms with E-state index in [1.807, 2.05) is 42.5 Å². The minimum Gasteiger partial charge on any atom is -0.497 e. The van der Waals surface area contributed by atoms with E-state index < -0.39 is 0 Å². The van der Waals surface area contributed by atoms with Gasteiger partial charge in [-0.1, -0.05) is 35.9 Å². The van der Waals surface area contributed by atoms with Crippen LogP contribution in [0.3, 0.4) is 0 Å². The third kappa shape index (κ3) is 5.18. The molecule has 0 aliphatic carbocycles. The number of carbonyl (C=O) groups excluding carboxylic acids is 1. The highest BCUT2D eigenvalue weighted by molar-refractivity contribution is 6.33. The summed E-state index contributed by atoms with van der Waals surface area (Å²) >= 11 is 6.09. The molecular formula is C20H19ClN4O2. The molecule has 0 bridgehead atoms. The van der Waals surface area contributed by atoms with Gasteiger partial charge in [0.2, 0.25) is 5.95 Å². The minimum atomic E-state index is -0.215. The summed E-state index contributed by atoms with van der Waals surface area (Å²) in [5.74, 6) is 0.969. The number of methoxy groups -OCH3 is 1. The molecule has 0 fully saturated rings. The first kappa shape index (κ1) is 18.7. The molecular weight excluding hydrogens is 364 g/mol. The van der Waals surface area contributed by atoms with Gasteiger partial charge in [0.1, 0.15) is 5.75 Å².